The fourth-order valence-electron chi connectivity index (χ4n) is 1.09. The molecule has 3 N–H and O–H groups in total. The Kier molecular flexibility index (Phi) is 2.33. The van der Waals surface area contributed by atoms with E-state index >= 15 is 0 Å². The zero-order chi connectivity index (χ0) is 9.14. The Morgan fingerprint density at radius 2 is 2.08 bits per heavy atom. The van der Waals surface area contributed by atoms with Gasteiger partial charge in [-0.3, -0.25) is 4.79 Å². The Morgan fingerprint density at radius 3 is 2.58 bits per heavy atom. The summed E-state index contributed by atoms with van der Waals surface area (Å²) in [7, 11) is 0. The van der Waals surface area contributed by atoms with Crippen LogP contribution in [0.25, 0.3) is 0 Å². The Balaban J connectivity index is 2.93. The number of hydrogen-bond donors (Lipinski definition) is 2. The Hall–Kier alpha value is -1.51. The summed E-state index contributed by atoms with van der Waals surface area (Å²) in [5.74, 6) is -0.0833. The van der Waals surface area contributed by atoms with Crippen molar-refractivity contribution in [1.82, 2.24) is 0 Å². The molecule has 3 heteroatoms. The molecule has 0 atom stereocenters. The second kappa shape index (κ2) is 3.26. The maximum atomic E-state index is 10.7. The van der Waals surface area contributed by atoms with Crippen LogP contribution in [0, 0.1) is 6.92 Å². The van der Waals surface area contributed by atoms with Gasteiger partial charge in [0.1, 0.15) is 0 Å². The highest BCUT2D eigenvalue weighted by Gasteiger charge is 1.96. The molecule has 64 valence electrons. The largest absolute Gasteiger partial charge is 0.399 e. The lowest BCUT2D eigenvalue weighted by molar-refractivity contribution is -0.114. The Morgan fingerprint density at radius 1 is 1.42 bits per heavy atom. The molecule has 1 aromatic carbocycles. The minimum absolute atomic E-state index is 0.0833. The highest BCUT2D eigenvalue weighted by Crippen LogP contribution is 2.15. The van der Waals surface area contributed by atoms with E-state index in [0.717, 1.165) is 11.3 Å². The van der Waals surface area contributed by atoms with Crippen LogP contribution in [0.2, 0.25) is 0 Å². The van der Waals surface area contributed by atoms with Gasteiger partial charge in [-0.25, -0.2) is 0 Å². The quantitative estimate of drug-likeness (QED) is 0.618. The predicted octanol–water partition coefficient (Wildman–Crippen LogP) is 1.54. The molecule has 0 heterocycles. The van der Waals surface area contributed by atoms with Crippen LogP contribution >= 0.6 is 0 Å². The second-order valence-electron chi connectivity index (χ2n) is 2.81. The molecule has 0 aliphatic carbocycles. The molecule has 0 fully saturated rings. The first-order valence-corrected chi connectivity index (χ1v) is 3.72. The van der Waals surface area contributed by atoms with Crippen molar-refractivity contribution in [2.24, 2.45) is 0 Å². The Labute approximate surface area is 71.6 Å². The van der Waals surface area contributed by atoms with Gasteiger partial charge in [-0.1, -0.05) is 0 Å². The number of carbonyl (C=O) groups excluding carboxylic acids is 1. The maximum Gasteiger partial charge on any atom is 0.221 e. The van der Waals surface area contributed by atoms with Gasteiger partial charge in [0.05, 0.1) is 0 Å². The van der Waals surface area contributed by atoms with Gasteiger partial charge in [0.25, 0.3) is 0 Å². The number of rotatable bonds is 1. The highest BCUT2D eigenvalue weighted by atomic mass is 16.1. The molecule has 0 aliphatic rings. The minimum Gasteiger partial charge on any atom is -0.399 e. The summed E-state index contributed by atoms with van der Waals surface area (Å²) in [6.07, 6.45) is 0. The topological polar surface area (TPSA) is 55.1 Å². The average Bonchev–Trinajstić information content (AvgIpc) is 1.81. The number of nitrogen functional groups attached to an aromatic ring is 1. The molecule has 1 amide bonds. The molecule has 0 spiro atoms. The number of nitrogens with one attached hydrogen (secondary N) is 1. The van der Waals surface area contributed by atoms with Gasteiger partial charge in [-0.15, -0.1) is 0 Å². The molecule has 0 aromatic heterocycles. The standard InChI is InChI=1S/C9H12N2O/c1-6-3-8(10)5-9(4-6)11-7(2)12/h3-5H,10H2,1-2H3,(H,11,12). The second-order valence-corrected chi connectivity index (χ2v) is 2.81. The lowest BCUT2D eigenvalue weighted by atomic mass is 10.2. The minimum atomic E-state index is -0.0833. The van der Waals surface area contributed by atoms with Crippen molar-refractivity contribution >= 4 is 17.3 Å². The number of carbonyl (C=O) groups is 1. The molecule has 0 saturated heterocycles. The number of amides is 1. The van der Waals surface area contributed by atoms with Crippen molar-refractivity contribution in [1.29, 1.82) is 0 Å². The van der Waals surface area contributed by atoms with Gasteiger partial charge in [0.15, 0.2) is 0 Å². The monoisotopic (exact) mass is 164 g/mol. The summed E-state index contributed by atoms with van der Waals surface area (Å²) in [6.45, 7) is 3.40. The van der Waals surface area contributed by atoms with Gasteiger partial charge >= 0.3 is 0 Å². The summed E-state index contributed by atoms with van der Waals surface area (Å²) >= 11 is 0. The predicted molar refractivity (Wildman–Crippen MR) is 49.9 cm³/mol. The number of hydrogen-bond acceptors (Lipinski definition) is 2. The molecule has 3 nitrogen and oxygen atoms in total. The first-order valence-electron chi connectivity index (χ1n) is 3.72. The third-order valence-corrected chi connectivity index (χ3v) is 1.42. The van der Waals surface area contributed by atoms with Crippen LogP contribution in [0.5, 0.6) is 0 Å². The number of aryl methyl sites for hydroxylation is 1. The van der Waals surface area contributed by atoms with Crippen LogP contribution < -0.4 is 11.1 Å². The summed E-state index contributed by atoms with van der Waals surface area (Å²) in [5.41, 5.74) is 8.04. The van der Waals surface area contributed by atoms with E-state index in [1.807, 2.05) is 19.1 Å². The summed E-state index contributed by atoms with van der Waals surface area (Å²) in [5, 5.41) is 2.67. The van der Waals surface area contributed by atoms with Gasteiger partial charge in [0.2, 0.25) is 5.91 Å². The van der Waals surface area contributed by atoms with Crippen molar-refractivity contribution in [3.8, 4) is 0 Å². The SMILES string of the molecule is CC(=O)Nc1cc(C)cc(N)c1. The van der Waals surface area contributed by atoms with E-state index in [2.05, 4.69) is 5.32 Å². The number of benzene rings is 1. The van der Waals surface area contributed by atoms with Gasteiger partial charge in [0, 0.05) is 18.3 Å². The Bertz CT molecular complexity index is 287. The highest BCUT2D eigenvalue weighted by molar-refractivity contribution is 5.89. The molecule has 0 unspecified atom stereocenters. The number of nitrogens with two attached hydrogens (primary N) is 1. The lowest BCUT2D eigenvalue weighted by Gasteiger charge is -2.04. The first-order chi connectivity index (χ1) is 5.58. The average molecular weight is 164 g/mol. The molecule has 0 saturated carbocycles. The van der Waals surface area contributed by atoms with Gasteiger partial charge in [-0.05, 0) is 30.7 Å². The smallest absolute Gasteiger partial charge is 0.221 e. The molecule has 1 aromatic rings. The van der Waals surface area contributed by atoms with E-state index in [-0.39, 0.29) is 5.91 Å². The van der Waals surface area contributed by atoms with Crippen molar-refractivity contribution in [2.45, 2.75) is 13.8 Å². The fraction of sp³-hybridized carbons (Fsp3) is 0.222. The van der Waals surface area contributed by atoms with Crippen LogP contribution in [0.1, 0.15) is 12.5 Å². The fourth-order valence-corrected chi connectivity index (χ4v) is 1.09. The van der Waals surface area contributed by atoms with Gasteiger partial charge in [-0.2, -0.15) is 0 Å². The third-order valence-electron chi connectivity index (χ3n) is 1.42. The van der Waals surface area contributed by atoms with Gasteiger partial charge < -0.3 is 11.1 Å². The van der Waals surface area contributed by atoms with E-state index in [0.29, 0.717) is 5.69 Å². The lowest BCUT2D eigenvalue weighted by Crippen LogP contribution is -2.06. The van der Waals surface area contributed by atoms with Crippen molar-refractivity contribution < 1.29 is 4.79 Å². The first kappa shape index (κ1) is 8.59. The molecular weight excluding hydrogens is 152 g/mol. The summed E-state index contributed by atoms with van der Waals surface area (Å²) in [6, 6.07) is 5.46. The molecule has 0 radical (unpaired) electrons. The van der Waals surface area contributed by atoms with Crippen LogP contribution in [0.3, 0.4) is 0 Å². The summed E-state index contributed by atoms with van der Waals surface area (Å²) < 4.78 is 0. The van der Waals surface area contributed by atoms with Crippen molar-refractivity contribution in [3.05, 3.63) is 23.8 Å². The molecule has 1 rings (SSSR count). The summed E-state index contributed by atoms with van der Waals surface area (Å²) in [4.78, 5) is 10.7. The van der Waals surface area contributed by atoms with Crippen LogP contribution in [0.15, 0.2) is 18.2 Å². The van der Waals surface area contributed by atoms with E-state index in [9.17, 15) is 4.79 Å². The van der Waals surface area contributed by atoms with Crippen molar-refractivity contribution in [3.63, 3.8) is 0 Å². The van der Waals surface area contributed by atoms with E-state index in [1.54, 1.807) is 6.07 Å². The molecule has 12 heavy (non-hydrogen) atoms. The van der Waals surface area contributed by atoms with E-state index in [4.69, 9.17) is 5.73 Å². The van der Waals surface area contributed by atoms with E-state index in [1.165, 1.54) is 6.92 Å². The van der Waals surface area contributed by atoms with E-state index < -0.39 is 0 Å². The normalized spacial score (nSPS) is 9.50. The zero-order valence-electron chi connectivity index (χ0n) is 7.22. The number of anilines is 2. The molecular formula is C9H12N2O. The third kappa shape index (κ3) is 2.27. The van der Waals surface area contributed by atoms with Crippen LogP contribution in [-0.2, 0) is 4.79 Å². The molecule has 0 bridgehead atoms. The van der Waals surface area contributed by atoms with Crippen molar-refractivity contribution in [2.75, 3.05) is 11.1 Å². The van der Waals surface area contributed by atoms with Crippen LogP contribution in [0.4, 0.5) is 11.4 Å². The zero-order valence-corrected chi connectivity index (χ0v) is 7.22. The van der Waals surface area contributed by atoms with Crippen LogP contribution in [-0.4, -0.2) is 5.91 Å². The maximum absolute atomic E-state index is 10.7. The molecule has 0 aliphatic heterocycles.